The van der Waals surface area contributed by atoms with E-state index in [0.717, 1.165) is 57.2 Å². The molecule has 0 spiro atoms. The zero-order chi connectivity index (χ0) is 18.9. The highest BCUT2D eigenvalue weighted by molar-refractivity contribution is 5.80. The van der Waals surface area contributed by atoms with Crippen LogP contribution in [0.25, 0.3) is 0 Å². The smallest absolute Gasteiger partial charge is 0.225 e. The van der Waals surface area contributed by atoms with Crippen LogP contribution in [0.1, 0.15) is 46.4 Å². The van der Waals surface area contributed by atoms with Gasteiger partial charge in [-0.3, -0.25) is 9.79 Å². The Kier molecular flexibility index (Phi) is 7.87. The highest BCUT2D eigenvalue weighted by Gasteiger charge is 2.24. The van der Waals surface area contributed by atoms with E-state index in [1.54, 1.807) is 6.33 Å². The monoisotopic (exact) mass is 363 g/mol. The van der Waals surface area contributed by atoms with Crippen molar-refractivity contribution in [1.82, 2.24) is 30.3 Å². The summed E-state index contributed by atoms with van der Waals surface area (Å²) in [5, 5.41) is 14.9. The predicted octanol–water partition coefficient (Wildman–Crippen LogP) is 1.04. The number of amides is 1. The summed E-state index contributed by atoms with van der Waals surface area (Å²) in [6.07, 6.45) is 4.54. The zero-order valence-corrected chi connectivity index (χ0v) is 16.5. The number of guanidine groups is 1. The van der Waals surface area contributed by atoms with E-state index in [-0.39, 0.29) is 11.8 Å². The van der Waals surface area contributed by atoms with Crippen molar-refractivity contribution < 1.29 is 4.79 Å². The summed E-state index contributed by atoms with van der Waals surface area (Å²) < 4.78 is 2.04. The van der Waals surface area contributed by atoms with Crippen molar-refractivity contribution >= 4 is 11.9 Å². The molecule has 1 aromatic heterocycles. The van der Waals surface area contributed by atoms with E-state index in [0.29, 0.717) is 12.6 Å². The lowest BCUT2D eigenvalue weighted by molar-refractivity contribution is -0.135. The molecule has 26 heavy (non-hydrogen) atoms. The molecule has 8 heteroatoms. The number of carbonyl (C=O) groups excluding carboxylic acids is 1. The van der Waals surface area contributed by atoms with Gasteiger partial charge in [-0.25, -0.2) is 0 Å². The quantitative estimate of drug-likeness (QED) is 0.558. The molecular formula is C18H33N7O. The van der Waals surface area contributed by atoms with Gasteiger partial charge in [0.2, 0.25) is 5.91 Å². The first-order chi connectivity index (χ1) is 12.5. The highest BCUT2D eigenvalue weighted by Crippen LogP contribution is 2.13. The second-order valence-corrected chi connectivity index (χ2v) is 6.95. The fourth-order valence-electron chi connectivity index (χ4n) is 3.13. The Morgan fingerprint density at radius 1 is 1.35 bits per heavy atom. The summed E-state index contributed by atoms with van der Waals surface area (Å²) in [4.78, 5) is 18.7. The molecule has 1 aliphatic rings. The van der Waals surface area contributed by atoms with Gasteiger partial charge in [-0.05, 0) is 19.8 Å². The summed E-state index contributed by atoms with van der Waals surface area (Å²) in [7, 11) is 0. The minimum Gasteiger partial charge on any atom is -0.357 e. The van der Waals surface area contributed by atoms with Gasteiger partial charge in [0.15, 0.2) is 5.96 Å². The van der Waals surface area contributed by atoms with Crippen LogP contribution in [-0.2, 0) is 17.8 Å². The van der Waals surface area contributed by atoms with Gasteiger partial charge in [-0.1, -0.05) is 20.8 Å². The van der Waals surface area contributed by atoms with Crippen LogP contribution in [0.2, 0.25) is 0 Å². The first-order valence-corrected chi connectivity index (χ1v) is 9.75. The average molecular weight is 364 g/mol. The molecule has 2 N–H and O–H groups in total. The third-order valence-corrected chi connectivity index (χ3v) is 4.61. The van der Waals surface area contributed by atoms with Crippen molar-refractivity contribution in [2.45, 2.75) is 59.5 Å². The summed E-state index contributed by atoms with van der Waals surface area (Å²) in [6.45, 7) is 12.0. The van der Waals surface area contributed by atoms with Crippen LogP contribution in [0.15, 0.2) is 11.3 Å². The van der Waals surface area contributed by atoms with Gasteiger partial charge in [-0.2, -0.15) is 0 Å². The third kappa shape index (κ3) is 5.71. The van der Waals surface area contributed by atoms with Crippen molar-refractivity contribution in [2.75, 3.05) is 26.2 Å². The lowest BCUT2D eigenvalue weighted by Crippen LogP contribution is -2.50. The Bertz CT molecular complexity index is 588. The maximum absolute atomic E-state index is 12.1. The number of likely N-dealkylation sites (tertiary alicyclic amines) is 1. The standard InChI is InChI=1S/C18H33N7O/c1-5-16-23-21-13-25(16)12-9-20-18(19-6-2)22-15-7-10-24(11-8-15)17(26)14(3)4/h13-15H,5-12H2,1-4H3,(H2,19,20,22). The molecule has 0 saturated carbocycles. The minimum atomic E-state index is 0.0732. The summed E-state index contributed by atoms with van der Waals surface area (Å²) >= 11 is 0. The molecule has 0 bridgehead atoms. The van der Waals surface area contributed by atoms with Gasteiger partial charge in [0.05, 0.1) is 6.54 Å². The molecule has 2 rings (SSSR count). The fourth-order valence-corrected chi connectivity index (χ4v) is 3.13. The Labute approximate surface area is 156 Å². The topological polar surface area (TPSA) is 87.4 Å². The molecular weight excluding hydrogens is 330 g/mol. The van der Waals surface area contributed by atoms with Crippen LogP contribution in [0.4, 0.5) is 0 Å². The maximum atomic E-state index is 12.1. The number of nitrogens with one attached hydrogen (secondary N) is 2. The van der Waals surface area contributed by atoms with Crippen molar-refractivity contribution in [1.29, 1.82) is 0 Å². The van der Waals surface area contributed by atoms with Gasteiger partial charge in [-0.15, -0.1) is 10.2 Å². The van der Waals surface area contributed by atoms with Gasteiger partial charge < -0.3 is 20.1 Å². The van der Waals surface area contributed by atoms with Gasteiger partial charge in [0.25, 0.3) is 0 Å². The van der Waals surface area contributed by atoms with E-state index in [4.69, 9.17) is 0 Å². The minimum absolute atomic E-state index is 0.0732. The Morgan fingerprint density at radius 3 is 2.69 bits per heavy atom. The molecule has 0 radical (unpaired) electrons. The van der Waals surface area contributed by atoms with Crippen LogP contribution >= 0.6 is 0 Å². The number of aromatic nitrogens is 3. The second kappa shape index (κ2) is 10.1. The van der Waals surface area contributed by atoms with Crippen molar-refractivity contribution in [3.63, 3.8) is 0 Å². The number of hydrogen-bond acceptors (Lipinski definition) is 4. The molecule has 1 fully saturated rings. The Morgan fingerprint density at radius 2 is 2.08 bits per heavy atom. The van der Waals surface area contributed by atoms with Crippen molar-refractivity contribution in [3.05, 3.63) is 12.2 Å². The molecule has 8 nitrogen and oxygen atoms in total. The molecule has 1 amide bonds. The SMILES string of the molecule is CCNC(=NCCn1cnnc1CC)NC1CCN(C(=O)C(C)C)CC1. The molecule has 0 aliphatic carbocycles. The normalized spacial score (nSPS) is 16.2. The molecule has 1 aliphatic heterocycles. The van der Waals surface area contributed by atoms with Crippen LogP contribution in [-0.4, -0.2) is 63.8 Å². The maximum Gasteiger partial charge on any atom is 0.225 e. The van der Waals surface area contributed by atoms with E-state index in [2.05, 4.69) is 39.7 Å². The van der Waals surface area contributed by atoms with E-state index < -0.39 is 0 Å². The summed E-state index contributed by atoms with van der Waals surface area (Å²) in [5.74, 6) is 2.15. The molecule has 0 unspecified atom stereocenters. The average Bonchev–Trinajstić information content (AvgIpc) is 3.09. The van der Waals surface area contributed by atoms with Crippen LogP contribution < -0.4 is 10.6 Å². The van der Waals surface area contributed by atoms with Crippen LogP contribution in [0, 0.1) is 5.92 Å². The first-order valence-electron chi connectivity index (χ1n) is 9.75. The number of nitrogens with zero attached hydrogens (tertiary/aromatic N) is 5. The lowest BCUT2D eigenvalue weighted by Gasteiger charge is -2.34. The van der Waals surface area contributed by atoms with Gasteiger partial charge in [0, 0.05) is 44.6 Å². The van der Waals surface area contributed by atoms with Crippen molar-refractivity contribution in [2.24, 2.45) is 10.9 Å². The second-order valence-electron chi connectivity index (χ2n) is 6.95. The van der Waals surface area contributed by atoms with Crippen LogP contribution in [0.3, 0.4) is 0 Å². The molecule has 146 valence electrons. The number of carbonyl (C=O) groups is 1. The van der Waals surface area contributed by atoms with Crippen LogP contribution in [0.5, 0.6) is 0 Å². The Balaban J connectivity index is 1.83. The van der Waals surface area contributed by atoms with E-state index in [9.17, 15) is 4.79 Å². The number of aliphatic imine (C=N–C) groups is 1. The first kappa shape index (κ1) is 20.2. The zero-order valence-electron chi connectivity index (χ0n) is 16.5. The lowest BCUT2D eigenvalue weighted by atomic mass is 10.0. The predicted molar refractivity (Wildman–Crippen MR) is 103 cm³/mol. The van der Waals surface area contributed by atoms with E-state index in [1.807, 2.05) is 23.3 Å². The third-order valence-electron chi connectivity index (χ3n) is 4.61. The number of hydrogen-bond donors (Lipinski definition) is 2. The molecule has 1 aromatic rings. The number of piperidine rings is 1. The molecule has 1 saturated heterocycles. The van der Waals surface area contributed by atoms with Crippen molar-refractivity contribution in [3.8, 4) is 0 Å². The van der Waals surface area contributed by atoms with E-state index >= 15 is 0 Å². The van der Waals surface area contributed by atoms with Gasteiger partial charge >= 0.3 is 0 Å². The summed E-state index contributed by atoms with van der Waals surface area (Å²) in [5.41, 5.74) is 0. The highest BCUT2D eigenvalue weighted by atomic mass is 16.2. The number of aryl methyl sites for hydroxylation is 1. The van der Waals surface area contributed by atoms with E-state index in [1.165, 1.54) is 0 Å². The molecule has 2 heterocycles. The molecule has 0 atom stereocenters. The molecule has 0 aromatic carbocycles. The largest absolute Gasteiger partial charge is 0.357 e. The summed E-state index contributed by atoms with van der Waals surface area (Å²) in [6, 6.07) is 0.352. The fraction of sp³-hybridized carbons (Fsp3) is 0.778. The van der Waals surface area contributed by atoms with Gasteiger partial charge in [0.1, 0.15) is 12.2 Å². The number of rotatable bonds is 7. The Hall–Kier alpha value is -2.12.